The van der Waals surface area contributed by atoms with Crippen LogP contribution in [0.15, 0.2) is 23.2 Å². The maximum Gasteiger partial charge on any atom is 0.193 e. The molecular formula is C17H27IN4O. The zero-order chi connectivity index (χ0) is 15.4. The third-order valence-corrected chi connectivity index (χ3v) is 4.47. The molecule has 0 saturated carbocycles. The number of aryl methyl sites for hydroxylation is 1. The van der Waals surface area contributed by atoms with Crippen molar-refractivity contribution < 1.29 is 4.74 Å². The summed E-state index contributed by atoms with van der Waals surface area (Å²) in [7, 11) is 2.11. The molecule has 1 aromatic rings. The molecule has 1 saturated heterocycles. The molecule has 128 valence electrons. The predicted molar refractivity (Wildman–Crippen MR) is 106 cm³/mol. The van der Waals surface area contributed by atoms with Crippen molar-refractivity contribution >= 4 is 35.6 Å². The molecule has 0 bridgehead atoms. The lowest BCUT2D eigenvalue weighted by Crippen LogP contribution is -2.41. The van der Waals surface area contributed by atoms with Crippen LogP contribution >= 0.6 is 24.0 Å². The van der Waals surface area contributed by atoms with Gasteiger partial charge >= 0.3 is 0 Å². The maximum atomic E-state index is 6.06. The summed E-state index contributed by atoms with van der Waals surface area (Å²) >= 11 is 0. The van der Waals surface area contributed by atoms with Gasteiger partial charge in [0.2, 0.25) is 0 Å². The van der Waals surface area contributed by atoms with Gasteiger partial charge in [0.25, 0.3) is 0 Å². The van der Waals surface area contributed by atoms with E-state index in [0.717, 1.165) is 31.8 Å². The van der Waals surface area contributed by atoms with Gasteiger partial charge in [0, 0.05) is 18.8 Å². The van der Waals surface area contributed by atoms with Crippen LogP contribution < -0.4 is 11.1 Å². The van der Waals surface area contributed by atoms with Crippen LogP contribution in [0.2, 0.25) is 0 Å². The number of halogens is 1. The van der Waals surface area contributed by atoms with Crippen LogP contribution in [0.4, 0.5) is 5.69 Å². The highest BCUT2D eigenvalue weighted by Crippen LogP contribution is 2.27. The van der Waals surface area contributed by atoms with Crippen molar-refractivity contribution in [3.05, 3.63) is 29.3 Å². The Labute approximate surface area is 155 Å². The standard InChI is InChI=1S/C17H26N4O.HI/c1-21-9-10-22-14(12-21)11-19-17(18)20-16-8-4-6-13-5-2-3-7-15(13)16;/h4,6,8,14H,2-3,5,7,9-12H2,1H3,(H3,18,19,20);1H. The SMILES string of the molecule is CN1CCOC(CN=C(N)Nc2cccc3c2CCCC3)C1.I. The summed E-state index contributed by atoms with van der Waals surface area (Å²) in [5.41, 5.74) is 10.0. The molecule has 1 aromatic carbocycles. The van der Waals surface area contributed by atoms with Crippen molar-refractivity contribution in [2.75, 3.05) is 38.6 Å². The number of benzene rings is 1. The molecule has 6 heteroatoms. The lowest BCUT2D eigenvalue weighted by atomic mass is 9.90. The highest BCUT2D eigenvalue weighted by atomic mass is 127. The Balaban J connectivity index is 0.00000192. The Bertz CT molecular complexity index is 549. The normalized spacial score (nSPS) is 22.1. The molecule has 1 atom stereocenters. The van der Waals surface area contributed by atoms with E-state index in [1.165, 1.54) is 30.4 Å². The molecule has 2 aliphatic rings. The molecule has 1 heterocycles. The number of nitrogens with one attached hydrogen (secondary N) is 1. The Morgan fingerprint density at radius 1 is 1.39 bits per heavy atom. The average Bonchev–Trinajstić information content (AvgIpc) is 2.53. The quantitative estimate of drug-likeness (QED) is 0.439. The summed E-state index contributed by atoms with van der Waals surface area (Å²) in [5.74, 6) is 0.482. The number of guanidine groups is 1. The van der Waals surface area contributed by atoms with Gasteiger partial charge in [-0.3, -0.25) is 4.99 Å². The second-order valence-corrected chi connectivity index (χ2v) is 6.26. The lowest BCUT2D eigenvalue weighted by molar-refractivity contribution is -0.0136. The second-order valence-electron chi connectivity index (χ2n) is 6.26. The minimum absolute atomic E-state index is 0. The Kier molecular flexibility index (Phi) is 7.10. The van der Waals surface area contributed by atoms with Crippen LogP contribution in [-0.4, -0.2) is 50.3 Å². The van der Waals surface area contributed by atoms with E-state index >= 15 is 0 Å². The van der Waals surface area contributed by atoms with Gasteiger partial charge in [0.15, 0.2) is 5.96 Å². The van der Waals surface area contributed by atoms with Gasteiger partial charge in [0.1, 0.15) is 0 Å². The smallest absolute Gasteiger partial charge is 0.193 e. The average molecular weight is 430 g/mol. The van der Waals surface area contributed by atoms with Crippen LogP contribution in [0.3, 0.4) is 0 Å². The first kappa shape index (κ1) is 18.5. The number of likely N-dealkylation sites (N-methyl/N-ethyl adjacent to an activating group) is 1. The summed E-state index contributed by atoms with van der Waals surface area (Å²) in [6.07, 6.45) is 4.98. The van der Waals surface area contributed by atoms with E-state index in [9.17, 15) is 0 Å². The Hall–Kier alpha value is -0.860. The number of hydrogen-bond donors (Lipinski definition) is 2. The maximum absolute atomic E-state index is 6.06. The van der Waals surface area contributed by atoms with Crippen LogP contribution in [0.1, 0.15) is 24.0 Å². The van der Waals surface area contributed by atoms with Crippen molar-refractivity contribution in [3.63, 3.8) is 0 Å². The summed E-state index contributed by atoms with van der Waals surface area (Å²) in [6.45, 7) is 3.29. The molecule has 3 rings (SSSR count). The highest BCUT2D eigenvalue weighted by Gasteiger charge is 2.17. The molecule has 5 nitrogen and oxygen atoms in total. The number of nitrogens with zero attached hydrogens (tertiary/aromatic N) is 2. The van der Waals surface area contributed by atoms with Crippen molar-refractivity contribution in [2.45, 2.75) is 31.8 Å². The molecule has 1 aliphatic heterocycles. The van der Waals surface area contributed by atoms with E-state index < -0.39 is 0 Å². The molecule has 23 heavy (non-hydrogen) atoms. The molecule has 0 amide bonds. The van der Waals surface area contributed by atoms with Gasteiger partial charge in [-0.05, 0) is 49.9 Å². The van der Waals surface area contributed by atoms with Gasteiger partial charge in [-0.15, -0.1) is 24.0 Å². The van der Waals surface area contributed by atoms with Crippen LogP contribution in [-0.2, 0) is 17.6 Å². The first-order valence-corrected chi connectivity index (χ1v) is 8.20. The molecule has 0 aromatic heterocycles. The van der Waals surface area contributed by atoms with Gasteiger partial charge in [0.05, 0.1) is 19.3 Å². The van der Waals surface area contributed by atoms with E-state index in [4.69, 9.17) is 10.5 Å². The fourth-order valence-electron chi connectivity index (χ4n) is 3.25. The molecule has 1 fully saturated rings. The molecule has 3 N–H and O–H groups in total. The van der Waals surface area contributed by atoms with E-state index in [0.29, 0.717) is 12.5 Å². The zero-order valence-electron chi connectivity index (χ0n) is 13.8. The largest absolute Gasteiger partial charge is 0.374 e. The minimum Gasteiger partial charge on any atom is -0.374 e. The third-order valence-electron chi connectivity index (χ3n) is 4.47. The molecule has 1 aliphatic carbocycles. The molecule has 0 spiro atoms. The number of nitrogens with two attached hydrogens (primary N) is 1. The minimum atomic E-state index is 0. The fraction of sp³-hybridized carbons (Fsp3) is 0.588. The molecular weight excluding hydrogens is 403 g/mol. The first-order chi connectivity index (χ1) is 10.7. The number of ether oxygens (including phenoxy) is 1. The van der Waals surface area contributed by atoms with Crippen molar-refractivity contribution in [3.8, 4) is 0 Å². The fourth-order valence-corrected chi connectivity index (χ4v) is 3.25. The van der Waals surface area contributed by atoms with E-state index in [2.05, 4.69) is 40.5 Å². The lowest BCUT2D eigenvalue weighted by Gasteiger charge is -2.29. The highest BCUT2D eigenvalue weighted by molar-refractivity contribution is 14.0. The zero-order valence-corrected chi connectivity index (χ0v) is 16.1. The third kappa shape index (κ3) is 5.06. The van der Waals surface area contributed by atoms with E-state index in [1.807, 2.05) is 0 Å². The van der Waals surface area contributed by atoms with E-state index in [1.54, 1.807) is 0 Å². The number of hydrogen-bond acceptors (Lipinski definition) is 3. The first-order valence-electron chi connectivity index (χ1n) is 8.20. The van der Waals surface area contributed by atoms with Gasteiger partial charge in [-0.25, -0.2) is 0 Å². The monoisotopic (exact) mass is 430 g/mol. The van der Waals surface area contributed by atoms with Gasteiger partial charge in [-0.2, -0.15) is 0 Å². The molecule has 0 radical (unpaired) electrons. The van der Waals surface area contributed by atoms with Crippen molar-refractivity contribution in [2.24, 2.45) is 10.7 Å². The second kappa shape index (κ2) is 8.84. The van der Waals surface area contributed by atoms with Gasteiger partial charge in [-0.1, -0.05) is 12.1 Å². The van der Waals surface area contributed by atoms with E-state index in [-0.39, 0.29) is 30.1 Å². The van der Waals surface area contributed by atoms with Crippen LogP contribution in [0, 0.1) is 0 Å². The number of morpholine rings is 1. The summed E-state index contributed by atoms with van der Waals surface area (Å²) in [6, 6.07) is 6.41. The summed E-state index contributed by atoms with van der Waals surface area (Å²) in [5, 5.41) is 3.28. The Morgan fingerprint density at radius 3 is 3.04 bits per heavy atom. The van der Waals surface area contributed by atoms with Crippen molar-refractivity contribution in [1.29, 1.82) is 0 Å². The topological polar surface area (TPSA) is 62.9 Å². The Morgan fingerprint density at radius 2 is 2.22 bits per heavy atom. The van der Waals surface area contributed by atoms with Crippen LogP contribution in [0.25, 0.3) is 0 Å². The summed E-state index contributed by atoms with van der Waals surface area (Å²) in [4.78, 5) is 6.72. The number of aliphatic imine (C=N–C) groups is 1. The number of fused-ring (bicyclic) bond motifs is 1. The predicted octanol–water partition coefficient (Wildman–Crippen LogP) is 2.24. The van der Waals surface area contributed by atoms with Crippen molar-refractivity contribution in [1.82, 2.24) is 4.90 Å². The number of anilines is 1. The molecule has 1 unspecified atom stereocenters. The summed E-state index contributed by atoms with van der Waals surface area (Å²) < 4.78 is 5.71. The number of rotatable bonds is 3. The van der Waals surface area contributed by atoms with Crippen LogP contribution in [0.5, 0.6) is 0 Å². The van der Waals surface area contributed by atoms with Gasteiger partial charge < -0.3 is 20.7 Å².